The lowest BCUT2D eigenvalue weighted by Gasteiger charge is -2.06. The van der Waals surface area contributed by atoms with Crippen molar-refractivity contribution in [2.75, 3.05) is 5.32 Å². The Balaban J connectivity index is 2.90. The number of anilines is 1. The highest BCUT2D eigenvalue weighted by Crippen LogP contribution is 2.22. The summed E-state index contributed by atoms with van der Waals surface area (Å²) in [6.45, 7) is 0. The Morgan fingerprint density at radius 3 is 2.38 bits per heavy atom. The fraction of sp³-hybridized carbons (Fsp3) is 0.111. The van der Waals surface area contributed by atoms with E-state index in [4.69, 9.17) is 28.3 Å². The standard InChI is InChI=1S/C9H7Cl2NO4/c10-7(11)8(14)12-4-1-2-5(9(15)16)6(13)3-4/h1-3,7,13H,(H,12,14)(H,15,16). The van der Waals surface area contributed by atoms with E-state index in [0.29, 0.717) is 0 Å². The molecule has 0 heterocycles. The Hall–Kier alpha value is -1.46. The van der Waals surface area contributed by atoms with E-state index in [1.807, 2.05) is 0 Å². The third-order valence-corrected chi connectivity index (χ3v) is 2.09. The van der Waals surface area contributed by atoms with E-state index in [1.54, 1.807) is 0 Å². The zero-order valence-electron chi connectivity index (χ0n) is 7.78. The van der Waals surface area contributed by atoms with E-state index in [2.05, 4.69) is 5.32 Å². The molecule has 0 saturated carbocycles. The number of carboxylic acids is 1. The second-order valence-electron chi connectivity index (χ2n) is 2.83. The number of hydrogen-bond donors (Lipinski definition) is 3. The monoisotopic (exact) mass is 263 g/mol. The van der Waals surface area contributed by atoms with Gasteiger partial charge in [0.2, 0.25) is 0 Å². The van der Waals surface area contributed by atoms with E-state index < -0.39 is 22.5 Å². The van der Waals surface area contributed by atoms with Crippen LogP contribution in [0.1, 0.15) is 10.4 Å². The second-order valence-corrected chi connectivity index (χ2v) is 3.92. The third-order valence-electron chi connectivity index (χ3n) is 1.69. The number of rotatable bonds is 3. The van der Waals surface area contributed by atoms with Crippen LogP contribution in [0.4, 0.5) is 5.69 Å². The maximum absolute atomic E-state index is 11.1. The van der Waals surface area contributed by atoms with Crippen molar-refractivity contribution in [3.8, 4) is 5.75 Å². The van der Waals surface area contributed by atoms with Gasteiger partial charge in [-0.25, -0.2) is 4.79 Å². The predicted molar refractivity (Wildman–Crippen MR) is 59.2 cm³/mol. The quantitative estimate of drug-likeness (QED) is 0.727. The smallest absolute Gasteiger partial charge is 0.339 e. The predicted octanol–water partition coefficient (Wildman–Crippen LogP) is 1.83. The molecule has 3 N–H and O–H groups in total. The molecule has 7 heteroatoms. The topological polar surface area (TPSA) is 86.6 Å². The summed E-state index contributed by atoms with van der Waals surface area (Å²) in [6, 6.07) is 3.57. The summed E-state index contributed by atoms with van der Waals surface area (Å²) in [5, 5.41) is 20.2. The highest BCUT2D eigenvalue weighted by molar-refractivity contribution is 6.54. The molecule has 0 spiro atoms. The molecule has 0 bridgehead atoms. The normalized spacial score (nSPS) is 10.2. The Morgan fingerprint density at radius 2 is 1.94 bits per heavy atom. The Morgan fingerprint density at radius 1 is 1.31 bits per heavy atom. The van der Waals surface area contributed by atoms with Crippen molar-refractivity contribution in [2.45, 2.75) is 4.84 Å². The summed E-state index contributed by atoms with van der Waals surface area (Å²) < 4.78 is 0. The van der Waals surface area contributed by atoms with Crippen molar-refractivity contribution in [1.29, 1.82) is 0 Å². The summed E-state index contributed by atoms with van der Waals surface area (Å²) in [4.78, 5) is 20.4. The highest BCUT2D eigenvalue weighted by atomic mass is 35.5. The van der Waals surface area contributed by atoms with Gasteiger partial charge in [0.05, 0.1) is 0 Å². The molecule has 0 aliphatic heterocycles. The zero-order valence-corrected chi connectivity index (χ0v) is 9.29. The van der Waals surface area contributed by atoms with E-state index in [9.17, 15) is 14.7 Å². The SMILES string of the molecule is O=C(O)c1ccc(NC(=O)C(Cl)Cl)cc1O. The molecule has 0 saturated heterocycles. The van der Waals surface area contributed by atoms with Gasteiger partial charge in [-0.2, -0.15) is 0 Å². The molecule has 86 valence electrons. The average molecular weight is 264 g/mol. The Bertz CT molecular complexity index is 434. The van der Waals surface area contributed by atoms with Gasteiger partial charge in [0.15, 0.2) is 4.84 Å². The van der Waals surface area contributed by atoms with Crippen LogP contribution in [0.25, 0.3) is 0 Å². The number of aromatic hydroxyl groups is 1. The largest absolute Gasteiger partial charge is 0.507 e. The van der Waals surface area contributed by atoms with Gasteiger partial charge in [0.1, 0.15) is 11.3 Å². The molecule has 1 amide bonds. The highest BCUT2D eigenvalue weighted by Gasteiger charge is 2.14. The third kappa shape index (κ3) is 3.01. The first-order valence-electron chi connectivity index (χ1n) is 4.07. The van der Waals surface area contributed by atoms with Crippen LogP contribution < -0.4 is 5.32 Å². The van der Waals surface area contributed by atoms with Crippen molar-refractivity contribution >= 4 is 40.8 Å². The van der Waals surface area contributed by atoms with E-state index in [-0.39, 0.29) is 11.3 Å². The molecule has 0 unspecified atom stereocenters. The number of hydrogen-bond acceptors (Lipinski definition) is 3. The second kappa shape index (κ2) is 5.05. The first-order chi connectivity index (χ1) is 7.41. The fourth-order valence-corrected chi connectivity index (χ4v) is 1.10. The van der Waals surface area contributed by atoms with Crippen LogP contribution in [0.15, 0.2) is 18.2 Å². The van der Waals surface area contributed by atoms with Gasteiger partial charge in [-0.15, -0.1) is 0 Å². The van der Waals surface area contributed by atoms with Crippen LogP contribution in [-0.2, 0) is 4.79 Å². The summed E-state index contributed by atoms with van der Waals surface area (Å²) in [7, 11) is 0. The van der Waals surface area contributed by atoms with Gasteiger partial charge < -0.3 is 15.5 Å². The van der Waals surface area contributed by atoms with Crippen LogP contribution >= 0.6 is 23.2 Å². The molecule has 1 aromatic rings. The molecular formula is C9H7Cl2NO4. The summed E-state index contributed by atoms with van der Waals surface area (Å²) in [5.41, 5.74) is -0.0508. The lowest BCUT2D eigenvalue weighted by Crippen LogP contribution is -2.18. The van der Waals surface area contributed by atoms with Gasteiger partial charge in [0.25, 0.3) is 5.91 Å². The number of carboxylic acid groups (broad SMARTS) is 1. The Kier molecular flexibility index (Phi) is 3.98. The van der Waals surface area contributed by atoms with Crippen LogP contribution in [0, 0.1) is 0 Å². The molecular weight excluding hydrogens is 257 g/mol. The molecule has 0 radical (unpaired) electrons. The van der Waals surface area contributed by atoms with Crippen molar-refractivity contribution < 1.29 is 19.8 Å². The van der Waals surface area contributed by atoms with Gasteiger partial charge in [0, 0.05) is 11.8 Å². The lowest BCUT2D eigenvalue weighted by atomic mass is 10.2. The molecule has 0 aliphatic rings. The van der Waals surface area contributed by atoms with Gasteiger partial charge >= 0.3 is 5.97 Å². The average Bonchev–Trinajstić information content (AvgIpc) is 2.16. The van der Waals surface area contributed by atoms with E-state index >= 15 is 0 Å². The van der Waals surface area contributed by atoms with Crippen LogP contribution in [0.2, 0.25) is 0 Å². The minimum Gasteiger partial charge on any atom is -0.507 e. The zero-order chi connectivity index (χ0) is 12.3. The number of benzene rings is 1. The molecule has 1 aromatic carbocycles. The molecule has 0 aromatic heterocycles. The number of carbonyl (C=O) groups is 2. The van der Waals surface area contributed by atoms with Crippen molar-refractivity contribution in [3.63, 3.8) is 0 Å². The van der Waals surface area contributed by atoms with Crippen molar-refractivity contribution in [2.24, 2.45) is 0 Å². The molecule has 0 fully saturated rings. The van der Waals surface area contributed by atoms with Crippen molar-refractivity contribution in [3.05, 3.63) is 23.8 Å². The number of aromatic carboxylic acids is 1. The lowest BCUT2D eigenvalue weighted by molar-refractivity contribution is -0.114. The number of halogens is 2. The number of carbonyl (C=O) groups excluding carboxylic acids is 1. The summed E-state index contributed by atoms with van der Waals surface area (Å²) in [6.07, 6.45) is 0. The minimum absolute atomic E-state index is 0.207. The summed E-state index contributed by atoms with van der Waals surface area (Å²) in [5.74, 6) is -2.38. The maximum atomic E-state index is 11.1. The Labute approximate surface area is 101 Å². The maximum Gasteiger partial charge on any atom is 0.339 e. The van der Waals surface area contributed by atoms with Crippen LogP contribution in [-0.4, -0.2) is 26.9 Å². The first-order valence-corrected chi connectivity index (χ1v) is 4.94. The van der Waals surface area contributed by atoms with Gasteiger partial charge in [-0.05, 0) is 12.1 Å². The van der Waals surface area contributed by atoms with Crippen LogP contribution in [0.3, 0.4) is 0 Å². The fourth-order valence-electron chi connectivity index (χ4n) is 0.987. The van der Waals surface area contributed by atoms with E-state index in [0.717, 1.165) is 12.1 Å². The van der Waals surface area contributed by atoms with Crippen LogP contribution in [0.5, 0.6) is 5.75 Å². The first kappa shape index (κ1) is 12.6. The van der Waals surface area contributed by atoms with Gasteiger partial charge in [-0.3, -0.25) is 4.79 Å². The van der Waals surface area contributed by atoms with E-state index in [1.165, 1.54) is 6.07 Å². The van der Waals surface area contributed by atoms with Crippen molar-refractivity contribution in [1.82, 2.24) is 0 Å². The molecule has 16 heavy (non-hydrogen) atoms. The molecule has 0 aliphatic carbocycles. The summed E-state index contributed by atoms with van der Waals surface area (Å²) >= 11 is 10.6. The molecule has 1 rings (SSSR count). The molecule has 0 atom stereocenters. The molecule has 5 nitrogen and oxygen atoms in total. The number of alkyl halides is 2. The number of nitrogens with one attached hydrogen (secondary N) is 1. The number of amides is 1. The number of phenols is 1. The minimum atomic E-state index is -1.26. The van der Waals surface area contributed by atoms with Gasteiger partial charge in [-0.1, -0.05) is 23.2 Å².